The van der Waals surface area contributed by atoms with Crippen LogP contribution in [0.15, 0.2) is 42.9 Å². The normalized spacial score (nSPS) is 10.9. The first-order chi connectivity index (χ1) is 10.5. The fourth-order valence-corrected chi connectivity index (χ4v) is 2.24. The molecule has 0 saturated carbocycles. The van der Waals surface area contributed by atoms with Crippen molar-refractivity contribution in [1.29, 1.82) is 0 Å². The van der Waals surface area contributed by atoms with Crippen LogP contribution in [0.5, 0.6) is 5.75 Å². The Bertz CT molecular complexity index is 691. The molecule has 0 saturated heterocycles. The minimum atomic E-state index is -0.346. The second-order valence-electron chi connectivity index (χ2n) is 4.62. The van der Waals surface area contributed by atoms with Crippen LogP contribution in [0.4, 0.5) is 0 Å². The maximum Gasteiger partial charge on any atom is 0.277 e. The molecule has 0 aliphatic heterocycles. The van der Waals surface area contributed by atoms with Crippen molar-refractivity contribution in [3.05, 3.63) is 50.3 Å². The average molecular weight is 430 g/mol. The van der Waals surface area contributed by atoms with Gasteiger partial charge in [0.25, 0.3) is 5.91 Å². The Hall–Kier alpha value is -1.60. The molecular formula is C15H14Br2N2O3. The lowest BCUT2D eigenvalue weighted by molar-refractivity contribution is -0.123. The number of nitrogens with one attached hydrogen (secondary N) is 1. The molecule has 0 bridgehead atoms. The second kappa shape index (κ2) is 7.60. The fraction of sp³-hybridized carbons (Fsp3) is 0.200. The van der Waals surface area contributed by atoms with Gasteiger partial charge >= 0.3 is 0 Å². The van der Waals surface area contributed by atoms with E-state index in [9.17, 15) is 4.79 Å². The van der Waals surface area contributed by atoms with Crippen molar-refractivity contribution >= 4 is 44.0 Å². The number of benzene rings is 1. The summed E-state index contributed by atoms with van der Waals surface area (Å²) in [5.74, 6) is 0.856. The summed E-state index contributed by atoms with van der Waals surface area (Å²) in [6, 6.07) is 7.57. The smallest absolute Gasteiger partial charge is 0.277 e. The maximum atomic E-state index is 11.7. The molecule has 0 aliphatic rings. The van der Waals surface area contributed by atoms with Crippen LogP contribution in [0.3, 0.4) is 0 Å². The summed E-state index contributed by atoms with van der Waals surface area (Å²) >= 11 is 6.51. The number of carbonyl (C=O) groups is 1. The molecule has 7 heteroatoms. The second-order valence-corrected chi connectivity index (χ2v) is 6.20. The highest BCUT2D eigenvalue weighted by Crippen LogP contribution is 2.25. The highest BCUT2D eigenvalue weighted by molar-refractivity contribution is 9.13. The average Bonchev–Trinajstić information content (AvgIpc) is 2.78. The number of hydrogen-bond acceptors (Lipinski definition) is 4. The fourth-order valence-electron chi connectivity index (χ4n) is 1.63. The molecule has 1 amide bonds. The van der Waals surface area contributed by atoms with Gasteiger partial charge in [0.05, 0.1) is 10.7 Å². The Kier molecular flexibility index (Phi) is 5.79. The summed E-state index contributed by atoms with van der Waals surface area (Å²) in [4.78, 5) is 11.7. The zero-order chi connectivity index (χ0) is 16.1. The van der Waals surface area contributed by atoms with E-state index in [0.717, 1.165) is 15.6 Å². The molecular weight excluding hydrogens is 416 g/mol. The summed E-state index contributed by atoms with van der Waals surface area (Å²) < 4.78 is 12.1. The number of furan rings is 1. The molecule has 5 nitrogen and oxygen atoms in total. The van der Waals surface area contributed by atoms with Crippen LogP contribution in [0.1, 0.15) is 16.9 Å². The lowest BCUT2D eigenvalue weighted by Gasteiger charge is -2.08. The quantitative estimate of drug-likeness (QED) is 0.578. The van der Waals surface area contributed by atoms with Crippen molar-refractivity contribution in [2.24, 2.45) is 5.10 Å². The standard InChI is InChI=1S/C15H14Br2N2O3/c1-9-3-4-10(2)13(5-9)21-8-14(20)19-18-7-11-6-12(16)15(17)22-11/h3-7H,8H2,1-2H3,(H,19,20)/b18-7-. The Morgan fingerprint density at radius 3 is 2.82 bits per heavy atom. The van der Waals surface area contributed by atoms with Gasteiger partial charge in [0.2, 0.25) is 0 Å². The van der Waals surface area contributed by atoms with Crippen LogP contribution >= 0.6 is 31.9 Å². The first-order valence-electron chi connectivity index (χ1n) is 6.42. The number of carbonyl (C=O) groups excluding carboxylic acids is 1. The minimum absolute atomic E-state index is 0.104. The van der Waals surface area contributed by atoms with E-state index in [0.29, 0.717) is 16.2 Å². The number of aryl methyl sites for hydroxylation is 2. The van der Waals surface area contributed by atoms with Crippen LogP contribution < -0.4 is 10.2 Å². The van der Waals surface area contributed by atoms with Gasteiger partial charge in [-0.1, -0.05) is 12.1 Å². The third-order valence-corrected chi connectivity index (χ3v) is 4.46. The molecule has 0 aliphatic carbocycles. The Labute approximate surface area is 145 Å². The molecule has 2 aromatic rings. The molecule has 1 aromatic carbocycles. The number of hydrogen-bond donors (Lipinski definition) is 1. The number of ether oxygens (including phenoxy) is 1. The van der Waals surface area contributed by atoms with Gasteiger partial charge in [0.1, 0.15) is 11.5 Å². The van der Waals surface area contributed by atoms with Gasteiger partial charge in [-0.15, -0.1) is 0 Å². The van der Waals surface area contributed by atoms with Crippen LogP contribution in [0.25, 0.3) is 0 Å². The van der Waals surface area contributed by atoms with Crippen LogP contribution in [-0.4, -0.2) is 18.7 Å². The van der Waals surface area contributed by atoms with E-state index in [-0.39, 0.29) is 12.5 Å². The van der Waals surface area contributed by atoms with E-state index >= 15 is 0 Å². The molecule has 1 aromatic heterocycles. The summed E-state index contributed by atoms with van der Waals surface area (Å²) in [6.45, 7) is 3.79. The minimum Gasteiger partial charge on any atom is -0.483 e. The first-order valence-corrected chi connectivity index (χ1v) is 8.01. The number of amides is 1. The Morgan fingerprint density at radius 2 is 2.14 bits per heavy atom. The van der Waals surface area contributed by atoms with Gasteiger partial charge in [0, 0.05) is 6.07 Å². The molecule has 116 valence electrons. The van der Waals surface area contributed by atoms with Gasteiger partial charge in [-0.25, -0.2) is 5.43 Å². The number of nitrogens with zero attached hydrogens (tertiary/aromatic N) is 1. The van der Waals surface area contributed by atoms with E-state index in [1.165, 1.54) is 6.21 Å². The lowest BCUT2D eigenvalue weighted by Crippen LogP contribution is -2.24. The number of halogens is 2. The summed E-state index contributed by atoms with van der Waals surface area (Å²) in [6.07, 6.45) is 1.41. The van der Waals surface area contributed by atoms with E-state index in [1.54, 1.807) is 6.07 Å². The number of hydrazone groups is 1. The third-order valence-electron chi connectivity index (χ3n) is 2.75. The van der Waals surface area contributed by atoms with Crippen molar-refractivity contribution in [2.75, 3.05) is 6.61 Å². The van der Waals surface area contributed by atoms with E-state index < -0.39 is 0 Å². The zero-order valence-corrected chi connectivity index (χ0v) is 15.2. The molecule has 0 spiro atoms. The number of rotatable bonds is 5. The predicted molar refractivity (Wildman–Crippen MR) is 91.3 cm³/mol. The predicted octanol–water partition coefficient (Wildman–Crippen LogP) is 3.95. The monoisotopic (exact) mass is 428 g/mol. The van der Waals surface area contributed by atoms with E-state index in [1.807, 2.05) is 32.0 Å². The van der Waals surface area contributed by atoms with Crippen LogP contribution in [0, 0.1) is 13.8 Å². The van der Waals surface area contributed by atoms with Gasteiger partial charge in [-0.3, -0.25) is 4.79 Å². The molecule has 0 atom stereocenters. The van der Waals surface area contributed by atoms with Crippen molar-refractivity contribution in [3.63, 3.8) is 0 Å². The Balaban J connectivity index is 1.84. The summed E-state index contributed by atoms with van der Waals surface area (Å²) in [7, 11) is 0. The Morgan fingerprint density at radius 1 is 1.36 bits per heavy atom. The molecule has 22 heavy (non-hydrogen) atoms. The van der Waals surface area contributed by atoms with Crippen molar-refractivity contribution in [2.45, 2.75) is 13.8 Å². The molecule has 2 rings (SSSR count). The molecule has 0 fully saturated rings. The first kappa shape index (κ1) is 16.8. The highest BCUT2D eigenvalue weighted by Gasteiger charge is 2.06. The third kappa shape index (κ3) is 4.71. The summed E-state index contributed by atoms with van der Waals surface area (Å²) in [5, 5.41) is 3.81. The van der Waals surface area contributed by atoms with Crippen LogP contribution in [-0.2, 0) is 4.79 Å². The maximum absolute atomic E-state index is 11.7. The van der Waals surface area contributed by atoms with Gasteiger partial charge in [-0.05, 0) is 62.9 Å². The van der Waals surface area contributed by atoms with Crippen LogP contribution in [0.2, 0.25) is 0 Å². The highest BCUT2D eigenvalue weighted by atomic mass is 79.9. The molecule has 1 N–H and O–H groups in total. The largest absolute Gasteiger partial charge is 0.483 e. The lowest BCUT2D eigenvalue weighted by atomic mass is 10.1. The van der Waals surface area contributed by atoms with E-state index in [4.69, 9.17) is 9.15 Å². The van der Waals surface area contributed by atoms with Crippen molar-refractivity contribution in [3.8, 4) is 5.75 Å². The SMILES string of the molecule is Cc1ccc(C)c(OCC(=O)N/N=C\c2cc(Br)c(Br)o2)c1. The topological polar surface area (TPSA) is 63.8 Å². The van der Waals surface area contributed by atoms with Crippen molar-refractivity contribution < 1.29 is 13.9 Å². The molecule has 1 heterocycles. The summed E-state index contributed by atoms with van der Waals surface area (Å²) in [5.41, 5.74) is 4.43. The van der Waals surface area contributed by atoms with E-state index in [2.05, 4.69) is 42.4 Å². The zero-order valence-electron chi connectivity index (χ0n) is 12.0. The molecule has 0 unspecified atom stereocenters. The van der Waals surface area contributed by atoms with Gasteiger partial charge < -0.3 is 9.15 Å². The van der Waals surface area contributed by atoms with Crippen molar-refractivity contribution in [1.82, 2.24) is 5.43 Å². The van der Waals surface area contributed by atoms with Gasteiger partial charge in [0.15, 0.2) is 11.3 Å². The molecule has 0 radical (unpaired) electrons. The van der Waals surface area contributed by atoms with Gasteiger partial charge in [-0.2, -0.15) is 5.10 Å².